The molecule has 0 radical (unpaired) electrons. The number of nitrogens with zero attached hydrogens (tertiary/aromatic N) is 3. The highest BCUT2D eigenvalue weighted by molar-refractivity contribution is 6.30. The molecule has 160 valence electrons. The molecule has 6 heteroatoms. The van der Waals surface area contributed by atoms with Crippen LogP contribution in [0.25, 0.3) is 39.0 Å². The number of hydrogen-bond acceptors (Lipinski definition) is 3. The molecular weight excluding hydrogens is 420 g/mol. The summed E-state index contributed by atoms with van der Waals surface area (Å²) in [5, 5.41) is 20.4. The Bertz CT molecular complexity index is 1390. The Morgan fingerprint density at radius 1 is 0.906 bits per heavy atom. The summed E-state index contributed by atoms with van der Waals surface area (Å²) in [7, 11) is 0. The number of hydrogen-bond donors (Lipinski definition) is 2. The van der Waals surface area contributed by atoms with Crippen LogP contribution in [0.15, 0.2) is 73.1 Å². The first-order valence-corrected chi connectivity index (χ1v) is 10.8. The van der Waals surface area contributed by atoms with Crippen molar-refractivity contribution in [2.24, 2.45) is 0 Å². The maximum atomic E-state index is 11.3. The summed E-state index contributed by atoms with van der Waals surface area (Å²) in [6.45, 7) is 6.35. The minimum Gasteiger partial charge on any atom is -0.493 e. The third-order valence-corrected chi connectivity index (χ3v) is 5.86. The molecular formula is C26H23ClN4O. The molecule has 0 fully saturated rings. The maximum absolute atomic E-state index is 11.3. The summed E-state index contributed by atoms with van der Waals surface area (Å²) in [5.74, 6) is 0.127. The number of aromatic nitrogens is 4. The summed E-state index contributed by atoms with van der Waals surface area (Å²) in [4.78, 5) is 4.20. The number of aromatic hydroxyl groups is 1. The Labute approximate surface area is 191 Å². The molecule has 3 heterocycles. The Morgan fingerprint density at radius 3 is 2.22 bits per heavy atom. The van der Waals surface area contributed by atoms with Crippen molar-refractivity contribution in [3.05, 3.63) is 83.8 Å². The Hall–Kier alpha value is -3.57. The predicted octanol–water partition coefficient (Wildman–Crippen LogP) is 6.74. The fourth-order valence-corrected chi connectivity index (χ4v) is 4.20. The van der Waals surface area contributed by atoms with Crippen LogP contribution in [-0.4, -0.2) is 24.9 Å². The summed E-state index contributed by atoms with van der Waals surface area (Å²) in [6.07, 6.45) is 3.60. The number of benzene rings is 2. The first kappa shape index (κ1) is 20.3. The van der Waals surface area contributed by atoms with Gasteiger partial charge in [0.1, 0.15) is 5.52 Å². The minimum absolute atomic E-state index is 0.127. The number of H-pyrrole nitrogens is 1. The quantitative estimate of drug-likeness (QED) is 0.325. The molecule has 5 nitrogen and oxygen atoms in total. The molecule has 0 amide bonds. The van der Waals surface area contributed by atoms with Crippen LogP contribution in [0, 0.1) is 0 Å². The number of fused-ring (bicyclic) bond motifs is 1. The molecule has 0 atom stereocenters. The van der Waals surface area contributed by atoms with Gasteiger partial charge in [0.2, 0.25) is 5.88 Å². The van der Waals surface area contributed by atoms with Crippen LogP contribution in [-0.2, 0) is 5.41 Å². The minimum atomic E-state index is -0.206. The third kappa shape index (κ3) is 3.35. The number of halogens is 1. The summed E-state index contributed by atoms with van der Waals surface area (Å²) in [6, 6.07) is 19.7. The Kier molecular flexibility index (Phi) is 4.79. The van der Waals surface area contributed by atoms with Crippen LogP contribution in [0.5, 0.6) is 5.88 Å². The predicted molar refractivity (Wildman–Crippen MR) is 129 cm³/mol. The van der Waals surface area contributed by atoms with Crippen molar-refractivity contribution in [2.75, 3.05) is 0 Å². The highest BCUT2D eigenvalue weighted by Gasteiger charge is 2.29. The van der Waals surface area contributed by atoms with Crippen LogP contribution in [0.2, 0.25) is 5.02 Å². The van der Waals surface area contributed by atoms with Gasteiger partial charge in [-0.1, -0.05) is 62.7 Å². The van der Waals surface area contributed by atoms with Gasteiger partial charge in [0.15, 0.2) is 0 Å². The van der Waals surface area contributed by atoms with Gasteiger partial charge in [-0.25, -0.2) is 0 Å². The van der Waals surface area contributed by atoms with Gasteiger partial charge in [0.25, 0.3) is 0 Å². The molecule has 2 N–H and O–H groups in total. The van der Waals surface area contributed by atoms with E-state index < -0.39 is 0 Å². The van der Waals surface area contributed by atoms with E-state index in [2.05, 4.69) is 36.0 Å². The zero-order valence-corrected chi connectivity index (χ0v) is 18.9. The van der Waals surface area contributed by atoms with Crippen molar-refractivity contribution in [3.8, 4) is 34.0 Å². The second-order valence-electron chi connectivity index (χ2n) is 8.88. The van der Waals surface area contributed by atoms with E-state index in [1.165, 1.54) is 0 Å². The molecule has 0 unspecified atom stereocenters. The van der Waals surface area contributed by atoms with Crippen molar-refractivity contribution < 1.29 is 5.11 Å². The second kappa shape index (κ2) is 7.53. The molecule has 5 rings (SSSR count). The molecule has 0 aliphatic carbocycles. The van der Waals surface area contributed by atoms with E-state index in [1.54, 1.807) is 6.20 Å². The number of nitrogens with one attached hydrogen (secondary N) is 1. The zero-order chi connectivity index (χ0) is 22.5. The van der Waals surface area contributed by atoms with Crippen molar-refractivity contribution in [3.63, 3.8) is 0 Å². The lowest BCUT2D eigenvalue weighted by Crippen LogP contribution is -2.12. The first-order valence-electron chi connectivity index (χ1n) is 10.4. The highest BCUT2D eigenvalue weighted by Crippen LogP contribution is 2.44. The van der Waals surface area contributed by atoms with Crippen LogP contribution in [0.3, 0.4) is 0 Å². The van der Waals surface area contributed by atoms with Gasteiger partial charge in [-0.2, -0.15) is 5.10 Å². The van der Waals surface area contributed by atoms with Crippen molar-refractivity contribution in [1.29, 1.82) is 0 Å². The fourth-order valence-electron chi connectivity index (χ4n) is 4.08. The SMILES string of the molecule is CC(C)(C)c1n[nH]c2c(O)n(-c3ccc(-c4cccnc4)cc3)c(-c3ccc(Cl)cc3)c12. The van der Waals surface area contributed by atoms with Crippen LogP contribution in [0.4, 0.5) is 0 Å². The van der Waals surface area contributed by atoms with Gasteiger partial charge in [-0.15, -0.1) is 0 Å². The summed E-state index contributed by atoms with van der Waals surface area (Å²) < 4.78 is 1.87. The van der Waals surface area contributed by atoms with Gasteiger partial charge >= 0.3 is 0 Å². The fraction of sp³-hybridized carbons (Fsp3) is 0.154. The molecule has 0 spiro atoms. The topological polar surface area (TPSA) is 66.7 Å². The Balaban J connectivity index is 1.76. The lowest BCUT2D eigenvalue weighted by Gasteiger charge is -2.17. The molecule has 5 aromatic rings. The van der Waals surface area contributed by atoms with Crippen molar-refractivity contribution >= 4 is 22.5 Å². The van der Waals surface area contributed by atoms with E-state index in [0.717, 1.165) is 39.2 Å². The molecule has 0 saturated carbocycles. The van der Waals surface area contributed by atoms with Gasteiger partial charge in [-0.05, 0) is 47.0 Å². The highest BCUT2D eigenvalue weighted by atomic mass is 35.5. The van der Waals surface area contributed by atoms with Crippen LogP contribution >= 0.6 is 11.6 Å². The first-order chi connectivity index (χ1) is 15.3. The van der Waals surface area contributed by atoms with Crippen molar-refractivity contribution in [2.45, 2.75) is 26.2 Å². The lowest BCUT2D eigenvalue weighted by molar-refractivity contribution is 0.447. The molecule has 0 aliphatic heterocycles. The molecule has 32 heavy (non-hydrogen) atoms. The maximum Gasteiger partial charge on any atom is 0.222 e. The Morgan fingerprint density at radius 2 is 1.59 bits per heavy atom. The zero-order valence-electron chi connectivity index (χ0n) is 18.1. The van der Waals surface area contributed by atoms with Crippen LogP contribution < -0.4 is 0 Å². The van der Waals surface area contributed by atoms with E-state index in [-0.39, 0.29) is 11.3 Å². The smallest absolute Gasteiger partial charge is 0.222 e. The van der Waals surface area contributed by atoms with E-state index in [4.69, 9.17) is 11.6 Å². The monoisotopic (exact) mass is 442 g/mol. The van der Waals surface area contributed by atoms with Gasteiger partial charge in [0, 0.05) is 28.5 Å². The van der Waals surface area contributed by atoms with Crippen LogP contribution in [0.1, 0.15) is 26.5 Å². The van der Waals surface area contributed by atoms with Gasteiger partial charge in [0.05, 0.1) is 16.8 Å². The van der Waals surface area contributed by atoms with E-state index in [1.807, 2.05) is 71.4 Å². The van der Waals surface area contributed by atoms with Crippen molar-refractivity contribution in [1.82, 2.24) is 19.7 Å². The number of aromatic amines is 1. The van der Waals surface area contributed by atoms with Gasteiger partial charge < -0.3 is 5.11 Å². The number of pyridine rings is 1. The van der Waals surface area contributed by atoms with E-state index in [0.29, 0.717) is 10.5 Å². The molecule has 0 bridgehead atoms. The van der Waals surface area contributed by atoms with Gasteiger partial charge in [-0.3, -0.25) is 14.6 Å². The average molecular weight is 443 g/mol. The average Bonchev–Trinajstić information content (AvgIpc) is 3.34. The molecule has 0 saturated heterocycles. The molecule has 0 aliphatic rings. The largest absolute Gasteiger partial charge is 0.493 e. The second-order valence-corrected chi connectivity index (χ2v) is 9.31. The summed E-state index contributed by atoms with van der Waals surface area (Å²) in [5.41, 5.74) is 6.09. The number of rotatable bonds is 3. The van der Waals surface area contributed by atoms with E-state index in [9.17, 15) is 5.11 Å². The molecule has 3 aromatic heterocycles. The normalized spacial score (nSPS) is 11.9. The standard InChI is InChI=1S/C26H23ClN4O/c1-26(2,3)24-21-22(29-30-24)25(32)31(23(21)17-6-10-19(27)11-7-17)20-12-8-16(9-13-20)18-5-4-14-28-15-18/h4-15,29,32H,1-3H3. The summed E-state index contributed by atoms with van der Waals surface area (Å²) >= 11 is 6.16. The molecule has 2 aromatic carbocycles. The van der Waals surface area contributed by atoms with E-state index >= 15 is 0 Å². The lowest BCUT2D eigenvalue weighted by atomic mass is 9.89. The third-order valence-electron chi connectivity index (χ3n) is 5.61.